The standard InChI is InChI=1S/C27H24F7NO2.C2HF3O2/c28-22-12-10-20(11-13-22)24(17-37-15-18-4-2-1-3-5-18)16-35-14-23(24)19-6-8-21(9-7-19)25(36,26(29,30)31)27(32,33)34;3-2(4,5)1(6)7/h1-13,23,35-36H,14-17H2;(H,6,7)/t23-,24-;/m1./s1. The van der Waals surface area contributed by atoms with Crippen molar-refractivity contribution in [2.24, 2.45) is 0 Å². The molecule has 1 heterocycles. The maximum Gasteiger partial charge on any atom is 0.490 e. The monoisotopic (exact) mass is 641 g/mol. The van der Waals surface area contributed by atoms with Crippen LogP contribution >= 0.6 is 0 Å². The van der Waals surface area contributed by atoms with Crippen molar-refractivity contribution >= 4 is 5.97 Å². The van der Waals surface area contributed by atoms with Crippen molar-refractivity contribution in [3.8, 4) is 0 Å². The second-order valence-electron chi connectivity index (χ2n) is 9.96. The molecule has 0 amide bonds. The molecule has 0 saturated carbocycles. The minimum atomic E-state index is -5.97. The maximum absolute atomic E-state index is 13.7. The van der Waals surface area contributed by atoms with Gasteiger partial charge in [0.2, 0.25) is 0 Å². The number of hydrogen-bond donors (Lipinski definition) is 3. The summed E-state index contributed by atoms with van der Waals surface area (Å²) in [4.78, 5) is 8.90. The van der Waals surface area contributed by atoms with Crippen LogP contribution in [0.15, 0.2) is 78.9 Å². The van der Waals surface area contributed by atoms with Gasteiger partial charge in [-0.1, -0.05) is 66.7 Å². The third kappa shape index (κ3) is 7.50. The van der Waals surface area contributed by atoms with Crippen LogP contribution in [0.3, 0.4) is 0 Å². The van der Waals surface area contributed by atoms with E-state index in [1.807, 2.05) is 30.3 Å². The van der Waals surface area contributed by atoms with Gasteiger partial charge in [0.05, 0.1) is 13.2 Å². The molecule has 3 N–H and O–H groups in total. The van der Waals surface area contributed by atoms with Crippen molar-refractivity contribution < 1.29 is 63.6 Å². The largest absolute Gasteiger partial charge is 0.490 e. The second-order valence-corrected chi connectivity index (χ2v) is 9.96. The fourth-order valence-corrected chi connectivity index (χ4v) is 4.88. The summed E-state index contributed by atoms with van der Waals surface area (Å²) in [6, 6.07) is 18.7. The lowest BCUT2D eigenvalue weighted by Gasteiger charge is -2.36. The van der Waals surface area contributed by atoms with Gasteiger partial charge >= 0.3 is 24.5 Å². The summed E-state index contributed by atoms with van der Waals surface area (Å²) in [6.45, 7) is 1.17. The highest BCUT2D eigenvalue weighted by molar-refractivity contribution is 5.73. The Morgan fingerprint density at radius 1 is 0.841 bits per heavy atom. The number of aliphatic carboxylic acids is 1. The quantitative estimate of drug-likeness (QED) is 0.253. The Kier molecular flexibility index (Phi) is 10.4. The van der Waals surface area contributed by atoms with Gasteiger partial charge in [-0.25, -0.2) is 9.18 Å². The van der Waals surface area contributed by atoms with Crippen molar-refractivity contribution in [3.05, 3.63) is 107 Å². The van der Waals surface area contributed by atoms with E-state index in [2.05, 4.69) is 5.32 Å². The van der Waals surface area contributed by atoms with Crippen molar-refractivity contribution in [1.29, 1.82) is 0 Å². The van der Waals surface area contributed by atoms with Crippen LogP contribution in [-0.2, 0) is 27.2 Å². The average molecular weight is 642 g/mol. The summed E-state index contributed by atoms with van der Waals surface area (Å²) in [5.41, 5.74) is -5.03. The van der Waals surface area contributed by atoms with Crippen molar-refractivity contribution in [2.75, 3.05) is 19.7 Å². The minimum Gasteiger partial charge on any atom is -0.475 e. The van der Waals surface area contributed by atoms with E-state index in [0.29, 0.717) is 36.3 Å². The van der Waals surface area contributed by atoms with E-state index in [1.54, 1.807) is 12.1 Å². The number of aliphatic hydroxyl groups is 1. The molecule has 15 heteroatoms. The first-order valence-electron chi connectivity index (χ1n) is 12.7. The van der Waals surface area contributed by atoms with E-state index < -0.39 is 52.8 Å². The Morgan fingerprint density at radius 3 is 1.84 bits per heavy atom. The van der Waals surface area contributed by atoms with Crippen LogP contribution in [0.25, 0.3) is 0 Å². The van der Waals surface area contributed by atoms with Crippen molar-refractivity contribution in [2.45, 2.75) is 42.1 Å². The van der Waals surface area contributed by atoms with Crippen LogP contribution in [0.1, 0.15) is 28.2 Å². The summed E-state index contributed by atoms with van der Waals surface area (Å²) >= 11 is 0. The maximum atomic E-state index is 13.7. The number of rotatable bonds is 7. The lowest BCUT2D eigenvalue weighted by Crippen LogP contribution is -2.53. The van der Waals surface area contributed by atoms with Gasteiger partial charge in [-0.05, 0) is 28.8 Å². The number of halogens is 10. The van der Waals surface area contributed by atoms with Gasteiger partial charge in [-0.2, -0.15) is 39.5 Å². The molecule has 240 valence electrons. The highest BCUT2D eigenvalue weighted by Gasteiger charge is 2.71. The molecule has 4 rings (SSSR count). The zero-order valence-corrected chi connectivity index (χ0v) is 22.4. The molecule has 1 aliphatic rings. The van der Waals surface area contributed by atoms with Gasteiger partial charge in [0, 0.05) is 30.0 Å². The van der Waals surface area contributed by atoms with Crippen molar-refractivity contribution in [3.63, 3.8) is 0 Å². The Hall–Kier alpha value is -3.69. The summed E-state index contributed by atoms with van der Waals surface area (Å²) < 4.78 is 131. The van der Waals surface area contributed by atoms with Crippen molar-refractivity contribution in [1.82, 2.24) is 5.32 Å². The van der Waals surface area contributed by atoms with Gasteiger partial charge in [0.15, 0.2) is 0 Å². The fraction of sp³-hybridized carbons (Fsp3) is 0.345. The molecule has 0 aliphatic carbocycles. The van der Waals surface area contributed by atoms with Crippen LogP contribution in [0.2, 0.25) is 0 Å². The first-order chi connectivity index (χ1) is 20.3. The van der Waals surface area contributed by atoms with E-state index in [0.717, 1.165) is 17.7 Å². The highest BCUT2D eigenvalue weighted by atomic mass is 19.4. The minimum absolute atomic E-state index is 0.155. The molecule has 5 nitrogen and oxygen atoms in total. The molecule has 3 aromatic carbocycles. The number of ether oxygens (including phenoxy) is 1. The van der Waals surface area contributed by atoms with Crippen LogP contribution in [0.4, 0.5) is 43.9 Å². The van der Waals surface area contributed by atoms with Crippen LogP contribution in [0, 0.1) is 5.82 Å². The van der Waals surface area contributed by atoms with Gasteiger partial charge in [0.1, 0.15) is 5.82 Å². The third-order valence-corrected chi connectivity index (χ3v) is 7.14. The molecule has 0 spiro atoms. The molecule has 1 fully saturated rings. The van der Waals surface area contributed by atoms with E-state index in [-0.39, 0.29) is 13.2 Å². The Morgan fingerprint density at radius 2 is 1.36 bits per heavy atom. The molecular weight excluding hydrogens is 616 g/mol. The topological polar surface area (TPSA) is 78.8 Å². The predicted octanol–water partition coefficient (Wildman–Crippen LogP) is 6.61. The number of carboxylic acids is 1. The Bertz CT molecular complexity index is 1360. The number of alkyl halides is 9. The van der Waals surface area contributed by atoms with Crippen LogP contribution in [0.5, 0.6) is 0 Å². The van der Waals surface area contributed by atoms with Gasteiger partial charge in [-0.3, -0.25) is 0 Å². The lowest BCUT2D eigenvalue weighted by atomic mass is 9.70. The van der Waals surface area contributed by atoms with E-state index in [9.17, 15) is 49.0 Å². The molecule has 0 unspecified atom stereocenters. The highest BCUT2D eigenvalue weighted by Crippen LogP contribution is 2.50. The van der Waals surface area contributed by atoms with Crippen LogP contribution < -0.4 is 5.32 Å². The zero-order valence-electron chi connectivity index (χ0n) is 22.4. The molecule has 3 aromatic rings. The molecular formula is C29H25F10NO4. The number of nitrogens with one attached hydrogen (secondary N) is 1. The first kappa shape index (κ1) is 34.8. The molecule has 0 bridgehead atoms. The van der Waals surface area contributed by atoms with Gasteiger partial charge in [-0.15, -0.1) is 0 Å². The predicted molar refractivity (Wildman–Crippen MR) is 136 cm³/mol. The third-order valence-electron chi connectivity index (χ3n) is 7.14. The summed E-state index contributed by atoms with van der Waals surface area (Å²) in [5, 5.41) is 20.1. The smallest absolute Gasteiger partial charge is 0.475 e. The second kappa shape index (κ2) is 13.1. The molecule has 2 atom stereocenters. The fourth-order valence-electron chi connectivity index (χ4n) is 4.88. The Balaban J connectivity index is 0.000000676. The molecule has 0 radical (unpaired) electrons. The van der Waals surface area contributed by atoms with Crippen LogP contribution in [-0.4, -0.2) is 54.4 Å². The summed E-state index contributed by atoms with van der Waals surface area (Å²) in [6.07, 6.45) is -17.0. The van der Waals surface area contributed by atoms with E-state index in [1.165, 1.54) is 12.1 Å². The number of carboxylic acid groups (broad SMARTS) is 1. The molecule has 0 aromatic heterocycles. The van der Waals surface area contributed by atoms with Gasteiger partial charge < -0.3 is 20.3 Å². The average Bonchev–Trinajstić information content (AvgIpc) is 3.37. The SMILES string of the molecule is O=C(O)C(F)(F)F.OC(c1ccc([C@H]2CNC[C@@]2(COCc2ccccc2)c2ccc(F)cc2)cc1)(C(F)(F)F)C(F)(F)F. The molecule has 1 aliphatic heterocycles. The normalized spacial score (nSPS) is 19.3. The Labute approximate surface area is 244 Å². The molecule has 1 saturated heterocycles. The summed E-state index contributed by atoms with van der Waals surface area (Å²) in [7, 11) is 0. The lowest BCUT2D eigenvalue weighted by molar-refractivity contribution is -0.376. The number of carbonyl (C=O) groups is 1. The van der Waals surface area contributed by atoms with E-state index >= 15 is 0 Å². The molecule has 44 heavy (non-hydrogen) atoms. The zero-order chi connectivity index (χ0) is 33.0. The van der Waals surface area contributed by atoms with E-state index in [4.69, 9.17) is 14.6 Å². The number of benzene rings is 3. The summed E-state index contributed by atoms with van der Waals surface area (Å²) in [5.74, 6) is -3.63. The first-order valence-corrected chi connectivity index (χ1v) is 12.7. The van der Waals surface area contributed by atoms with Gasteiger partial charge in [0.25, 0.3) is 5.60 Å². The number of hydrogen-bond acceptors (Lipinski definition) is 4.